The number of benzene rings is 2. The van der Waals surface area contributed by atoms with E-state index in [0.717, 1.165) is 0 Å². The fourth-order valence-electron chi connectivity index (χ4n) is 3.23. The van der Waals surface area contributed by atoms with Crippen molar-refractivity contribution in [2.75, 3.05) is 20.0 Å². The van der Waals surface area contributed by atoms with Crippen LogP contribution in [-0.4, -0.2) is 60.7 Å². The monoisotopic (exact) mass is 390 g/mol. The van der Waals surface area contributed by atoms with Crippen LogP contribution in [0.25, 0.3) is 21.8 Å². The summed E-state index contributed by atoms with van der Waals surface area (Å²) < 4.78 is 1.70. The molecule has 11 heteroatoms. The number of aliphatic hydroxyl groups is 3. The van der Waals surface area contributed by atoms with Crippen LogP contribution in [0, 0.1) is 20.2 Å². The third kappa shape index (κ3) is 3.64. The first-order valence-corrected chi connectivity index (χ1v) is 8.32. The van der Waals surface area contributed by atoms with Crippen molar-refractivity contribution in [1.29, 1.82) is 0 Å². The molecule has 0 aliphatic rings. The van der Waals surface area contributed by atoms with E-state index in [1.54, 1.807) is 4.57 Å². The van der Waals surface area contributed by atoms with Crippen LogP contribution in [0.1, 0.15) is 0 Å². The quantitative estimate of drug-likeness (QED) is 0.294. The van der Waals surface area contributed by atoms with Crippen molar-refractivity contribution in [2.45, 2.75) is 12.6 Å². The first-order valence-electron chi connectivity index (χ1n) is 8.32. The second-order valence-electron chi connectivity index (χ2n) is 6.32. The van der Waals surface area contributed by atoms with E-state index in [-0.39, 0.29) is 24.5 Å². The second-order valence-corrected chi connectivity index (χ2v) is 6.32. The largest absolute Gasteiger partial charge is 0.390 e. The van der Waals surface area contributed by atoms with Crippen molar-refractivity contribution in [1.82, 2.24) is 9.47 Å². The van der Waals surface area contributed by atoms with Gasteiger partial charge in [-0.1, -0.05) is 0 Å². The lowest BCUT2D eigenvalue weighted by atomic mass is 10.1. The standard InChI is InChI=1S/C17H18N4O7/c22-9-18(10-23)7-13(24)8-19-16-3-1-11(20(25)26)5-14(16)15-6-12(21(27)28)2-4-17(15)19/h1-6,13,22-24H,7-10H2. The highest BCUT2D eigenvalue weighted by molar-refractivity contribution is 6.09. The molecule has 0 spiro atoms. The Hall–Kier alpha value is -3.12. The summed E-state index contributed by atoms with van der Waals surface area (Å²) in [4.78, 5) is 22.4. The van der Waals surface area contributed by atoms with Gasteiger partial charge in [-0.25, -0.2) is 0 Å². The van der Waals surface area contributed by atoms with Gasteiger partial charge in [0.15, 0.2) is 0 Å². The summed E-state index contributed by atoms with van der Waals surface area (Å²) in [5.74, 6) is 0. The maximum Gasteiger partial charge on any atom is 0.270 e. The SMILES string of the molecule is O=[N+]([O-])c1ccc2c(c1)c1cc([N+](=O)[O-])ccc1n2CC(O)CN(CO)CO. The highest BCUT2D eigenvalue weighted by atomic mass is 16.6. The van der Waals surface area contributed by atoms with Crippen LogP contribution >= 0.6 is 0 Å². The van der Waals surface area contributed by atoms with Gasteiger partial charge >= 0.3 is 0 Å². The molecule has 2 aromatic carbocycles. The Morgan fingerprint density at radius 2 is 1.39 bits per heavy atom. The molecule has 1 heterocycles. The molecular formula is C17H18N4O7. The number of non-ortho nitro benzene ring substituents is 2. The Kier molecular flexibility index (Phi) is 5.51. The van der Waals surface area contributed by atoms with Gasteiger partial charge < -0.3 is 19.9 Å². The van der Waals surface area contributed by atoms with Gasteiger partial charge in [-0.15, -0.1) is 0 Å². The number of hydrogen-bond donors (Lipinski definition) is 3. The predicted molar refractivity (Wildman–Crippen MR) is 99.6 cm³/mol. The van der Waals surface area contributed by atoms with Crippen molar-refractivity contribution in [3.8, 4) is 0 Å². The molecule has 0 aliphatic carbocycles. The summed E-state index contributed by atoms with van der Waals surface area (Å²) in [6.45, 7) is -0.807. The molecule has 1 atom stereocenters. The first kappa shape index (κ1) is 19.6. The number of hydrogen-bond acceptors (Lipinski definition) is 8. The molecule has 3 rings (SSSR count). The van der Waals surface area contributed by atoms with Gasteiger partial charge in [-0.2, -0.15) is 0 Å². The van der Waals surface area contributed by atoms with Gasteiger partial charge in [-0.05, 0) is 12.1 Å². The van der Waals surface area contributed by atoms with Gasteiger partial charge in [0.25, 0.3) is 11.4 Å². The molecule has 3 aromatic rings. The van der Waals surface area contributed by atoms with Gasteiger partial charge in [0.05, 0.1) is 36.0 Å². The normalized spacial score (nSPS) is 12.7. The maximum absolute atomic E-state index is 11.1. The van der Waals surface area contributed by atoms with E-state index in [9.17, 15) is 25.3 Å². The van der Waals surface area contributed by atoms with Crippen LogP contribution in [0.4, 0.5) is 11.4 Å². The van der Waals surface area contributed by atoms with E-state index in [1.807, 2.05) is 0 Å². The summed E-state index contributed by atoms with van der Waals surface area (Å²) in [7, 11) is 0. The van der Waals surface area contributed by atoms with Crippen molar-refractivity contribution in [3.05, 3.63) is 56.6 Å². The molecule has 3 N–H and O–H groups in total. The molecule has 0 radical (unpaired) electrons. The smallest absolute Gasteiger partial charge is 0.270 e. The number of nitro groups is 2. The topological polar surface area (TPSA) is 155 Å². The van der Waals surface area contributed by atoms with Crippen LogP contribution in [0.2, 0.25) is 0 Å². The Morgan fingerprint density at radius 1 is 0.929 bits per heavy atom. The van der Waals surface area contributed by atoms with Crippen LogP contribution in [0.15, 0.2) is 36.4 Å². The average Bonchev–Trinajstić information content (AvgIpc) is 2.98. The van der Waals surface area contributed by atoms with Crippen LogP contribution in [-0.2, 0) is 6.54 Å². The van der Waals surface area contributed by atoms with E-state index < -0.39 is 29.4 Å². The molecule has 0 fully saturated rings. The van der Waals surface area contributed by atoms with Crippen molar-refractivity contribution in [3.63, 3.8) is 0 Å². The average molecular weight is 390 g/mol. The number of nitrogens with zero attached hydrogens (tertiary/aromatic N) is 4. The third-order valence-electron chi connectivity index (χ3n) is 4.52. The summed E-state index contributed by atoms with van der Waals surface area (Å²) in [5.41, 5.74) is 0.843. The lowest BCUT2D eigenvalue weighted by molar-refractivity contribution is -0.385. The number of aliphatic hydroxyl groups excluding tert-OH is 3. The highest BCUT2D eigenvalue weighted by Gasteiger charge is 2.20. The summed E-state index contributed by atoms with van der Waals surface area (Å²) in [6.07, 6.45) is -0.969. The number of fused-ring (bicyclic) bond motifs is 3. The lowest BCUT2D eigenvalue weighted by Gasteiger charge is -2.21. The minimum absolute atomic E-state index is 0.00582. The zero-order valence-corrected chi connectivity index (χ0v) is 14.6. The molecule has 0 saturated heterocycles. The maximum atomic E-state index is 11.1. The number of rotatable bonds is 8. The molecule has 0 bridgehead atoms. The number of nitro benzene ring substituents is 2. The Labute approximate surface area is 157 Å². The predicted octanol–water partition coefficient (Wildman–Crippen LogP) is 1.17. The molecule has 0 amide bonds. The molecule has 1 aromatic heterocycles. The lowest BCUT2D eigenvalue weighted by Crippen LogP contribution is -2.36. The van der Waals surface area contributed by atoms with E-state index in [0.29, 0.717) is 21.8 Å². The van der Waals surface area contributed by atoms with Crippen LogP contribution in [0.5, 0.6) is 0 Å². The zero-order chi connectivity index (χ0) is 20.4. The third-order valence-corrected chi connectivity index (χ3v) is 4.52. The minimum Gasteiger partial charge on any atom is -0.390 e. The minimum atomic E-state index is -0.969. The summed E-state index contributed by atoms with van der Waals surface area (Å²) in [5, 5.41) is 51.8. The van der Waals surface area contributed by atoms with E-state index in [2.05, 4.69) is 0 Å². The number of aromatic nitrogens is 1. The fraction of sp³-hybridized carbons (Fsp3) is 0.294. The fourth-order valence-corrected chi connectivity index (χ4v) is 3.23. The highest BCUT2D eigenvalue weighted by Crippen LogP contribution is 2.34. The van der Waals surface area contributed by atoms with Gasteiger partial charge in [0, 0.05) is 52.6 Å². The molecule has 28 heavy (non-hydrogen) atoms. The van der Waals surface area contributed by atoms with Crippen molar-refractivity contribution < 1.29 is 25.2 Å². The molecule has 11 nitrogen and oxygen atoms in total. The summed E-state index contributed by atoms with van der Waals surface area (Å²) in [6, 6.07) is 8.40. The van der Waals surface area contributed by atoms with E-state index in [4.69, 9.17) is 10.2 Å². The van der Waals surface area contributed by atoms with Gasteiger partial charge in [0.2, 0.25) is 0 Å². The van der Waals surface area contributed by atoms with Crippen LogP contribution in [0.3, 0.4) is 0 Å². The molecule has 148 valence electrons. The first-order chi connectivity index (χ1) is 13.3. The molecule has 0 aliphatic heterocycles. The second kappa shape index (κ2) is 7.86. The zero-order valence-electron chi connectivity index (χ0n) is 14.6. The molecular weight excluding hydrogens is 372 g/mol. The Balaban J connectivity index is 2.14. The summed E-state index contributed by atoms with van der Waals surface area (Å²) >= 11 is 0. The van der Waals surface area contributed by atoms with Gasteiger partial charge in [0.1, 0.15) is 0 Å². The molecule has 1 unspecified atom stereocenters. The van der Waals surface area contributed by atoms with Crippen molar-refractivity contribution in [2.24, 2.45) is 0 Å². The van der Waals surface area contributed by atoms with Gasteiger partial charge in [-0.3, -0.25) is 25.1 Å². The van der Waals surface area contributed by atoms with Crippen molar-refractivity contribution >= 4 is 33.2 Å². The Morgan fingerprint density at radius 3 is 1.79 bits per heavy atom. The van der Waals surface area contributed by atoms with E-state index >= 15 is 0 Å². The Bertz CT molecular complexity index is 974. The molecule has 0 saturated carbocycles. The van der Waals surface area contributed by atoms with Crippen LogP contribution < -0.4 is 0 Å². The van der Waals surface area contributed by atoms with E-state index in [1.165, 1.54) is 41.3 Å².